The number of carbonyl (C=O) groups is 1. The van der Waals surface area contributed by atoms with Crippen LogP contribution in [0.3, 0.4) is 0 Å². The molecule has 96 valence electrons. The second kappa shape index (κ2) is 9.77. The zero-order valence-corrected chi connectivity index (χ0v) is 12.5. The molecule has 0 saturated carbocycles. The van der Waals surface area contributed by atoms with Crippen molar-refractivity contribution in [3.8, 4) is 0 Å². The quantitative estimate of drug-likeness (QED) is 0.763. The van der Waals surface area contributed by atoms with E-state index in [4.69, 9.17) is 27.9 Å². The summed E-state index contributed by atoms with van der Waals surface area (Å²) in [5, 5.41) is 0.851. The van der Waals surface area contributed by atoms with Crippen LogP contribution in [0, 0.1) is 0 Å². The Morgan fingerprint density at radius 3 is 2.53 bits per heavy atom. The third-order valence-corrected chi connectivity index (χ3v) is 3.07. The van der Waals surface area contributed by atoms with Crippen LogP contribution in [0.2, 0.25) is 10.0 Å². The molecular formula is C12H16Cl2O2S. The second-order valence-electron chi connectivity index (χ2n) is 2.75. The first-order valence-electron chi connectivity index (χ1n) is 5.26. The van der Waals surface area contributed by atoms with Gasteiger partial charge in [-0.05, 0) is 18.2 Å². The van der Waals surface area contributed by atoms with Gasteiger partial charge in [0.2, 0.25) is 5.12 Å². The van der Waals surface area contributed by atoms with Gasteiger partial charge in [-0.2, -0.15) is 0 Å². The van der Waals surface area contributed by atoms with Gasteiger partial charge >= 0.3 is 0 Å². The largest absolute Gasteiger partial charge is 0.384 e. The predicted molar refractivity (Wildman–Crippen MR) is 76.5 cm³/mol. The Hall–Kier alpha value is -0.220. The van der Waals surface area contributed by atoms with Crippen LogP contribution in [0.15, 0.2) is 18.2 Å². The molecule has 0 saturated heterocycles. The highest BCUT2D eigenvalue weighted by atomic mass is 35.5. The van der Waals surface area contributed by atoms with Gasteiger partial charge in [-0.15, -0.1) is 0 Å². The number of ether oxygens (including phenoxy) is 1. The van der Waals surface area contributed by atoms with Gasteiger partial charge in [0.05, 0.1) is 11.6 Å². The van der Waals surface area contributed by atoms with E-state index in [1.165, 1.54) is 11.8 Å². The Bertz CT molecular complexity index is 356. The molecule has 0 amide bonds. The molecule has 2 nitrogen and oxygen atoms in total. The normalized spacial score (nSPS) is 9.47. The smallest absolute Gasteiger partial charge is 0.220 e. The van der Waals surface area contributed by atoms with E-state index >= 15 is 0 Å². The van der Waals surface area contributed by atoms with Crippen molar-refractivity contribution in [2.75, 3.05) is 19.5 Å². The summed E-state index contributed by atoms with van der Waals surface area (Å²) in [6.07, 6.45) is 0. The summed E-state index contributed by atoms with van der Waals surface area (Å²) in [6.45, 7) is 4.54. The van der Waals surface area contributed by atoms with E-state index in [0.717, 1.165) is 0 Å². The lowest BCUT2D eigenvalue weighted by molar-refractivity contribution is 0.108. The molecule has 0 spiro atoms. The molecule has 0 N–H and O–H groups in total. The van der Waals surface area contributed by atoms with Crippen LogP contribution in [0.4, 0.5) is 0 Å². The molecule has 5 heteroatoms. The topological polar surface area (TPSA) is 26.3 Å². The molecule has 1 aromatic rings. The zero-order valence-electron chi connectivity index (χ0n) is 10.1. The molecule has 1 rings (SSSR count). The van der Waals surface area contributed by atoms with Crippen molar-refractivity contribution in [2.45, 2.75) is 13.8 Å². The number of carbonyl (C=O) groups excluding carboxylic acids is 1. The van der Waals surface area contributed by atoms with E-state index in [-0.39, 0.29) is 5.12 Å². The van der Waals surface area contributed by atoms with Crippen molar-refractivity contribution >= 4 is 40.1 Å². The number of hydrogen-bond acceptors (Lipinski definition) is 3. The summed E-state index contributed by atoms with van der Waals surface area (Å²) in [7, 11) is 1.60. The highest BCUT2D eigenvalue weighted by Crippen LogP contribution is 2.24. The number of hydrogen-bond donors (Lipinski definition) is 0. The van der Waals surface area contributed by atoms with E-state index in [0.29, 0.717) is 28.0 Å². The Labute approximate surface area is 117 Å². The Morgan fingerprint density at radius 2 is 2.00 bits per heavy atom. The molecule has 0 radical (unpaired) electrons. The van der Waals surface area contributed by atoms with Gasteiger partial charge < -0.3 is 4.74 Å². The van der Waals surface area contributed by atoms with Crippen molar-refractivity contribution in [2.24, 2.45) is 0 Å². The van der Waals surface area contributed by atoms with Gasteiger partial charge in [0.1, 0.15) is 0 Å². The van der Waals surface area contributed by atoms with E-state index in [2.05, 4.69) is 0 Å². The fraction of sp³-hybridized carbons (Fsp3) is 0.417. The minimum Gasteiger partial charge on any atom is -0.384 e. The van der Waals surface area contributed by atoms with Crippen LogP contribution in [-0.2, 0) is 4.74 Å². The minimum absolute atomic E-state index is 0.0614. The van der Waals surface area contributed by atoms with Gasteiger partial charge in [-0.1, -0.05) is 48.8 Å². The molecule has 0 aromatic heterocycles. The first-order valence-corrected chi connectivity index (χ1v) is 7.00. The van der Waals surface area contributed by atoms with Gasteiger partial charge in [0, 0.05) is 23.4 Å². The van der Waals surface area contributed by atoms with Crippen molar-refractivity contribution in [3.05, 3.63) is 33.8 Å². The highest BCUT2D eigenvalue weighted by Gasteiger charge is 2.10. The maximum Gasteiger partial charge on any atom is 0.220 e. The Balaban J connectivity index is 0.00000121. The van der Waals surface area contributed by atoms with Crippen LogP contribution in [-0.4, -0.2) is 24.6 Å². The SMILES string of the molecule is CC.COCCSC(=O)c1ccc(Cl)cc1Cl. The number of benzene rings is 1. The lowest BCUT2D eigenvalue weighted by Gasteiger charge is -2.03. The maximum absolute atomic E-state index is 11.6. The van der Waals surface area contributed by atoms with Gasteiger partial charge in [0.25, 0.3) is 0 Å². The van der Waals surface area contributed by atoms with Crippen LogP contribution in [0.1, 0.15) is 24.2 Å². The average Bonchev–Trinajstić information content (AvgIpc) is 2.31. The molecule has 0 aliphatic carbocycles. The molecule has 1 aromatic carbocycles. The standard InChI is InChI=1S/C10H10Cl2O2S.C2H6/c1-14-4-5-15-10(13)8-3-2-7(11)6-9(8)12;1-2/h2-3,6H,4-5H2,1H3;1-2H3. The molecule has 0 heterocycles. The zero-order chi connectivity index (χ0) is 13.3. The molecule has 0 bridgehead atoms. The summed E-state index contributed by atoms with van der Waals surface area (Å²) in [4.78, 5) is 11.6. The number of rotatable bonds is 4. The summed E-state index contributed by atoms with van der Waals surface area (Å²) in [6, 6.07) is 4.84. The van der Waals surface area contributed by atoms with Gasteiger partial charge in [-0.25, -0.2) is 0 Å². The molecule has 0 aliphatic heterocycles. The maximum atomic E-state index is 11.6. The second-order valence-corrected chi connectivity index (χ2v) is 4.66. The Kier molecular flexibility index (Phi) is 9.65. The predicted octanol–water partition coefficient (Wildman–Crippen LogP) is 4.54. The van der Waals surface area contributed by atoms with Gasteiger partial charge in [-0.3, -0.25) is 4.79 Å². The molecule has 0 unspecified atom stereocenters. The molecule has 0 aliphatic rings. The molecule has 17 heavy (non-hydrogen) atoms. The summed E-state index contributed by atoms with van der Waals surface area (Å²) >= 11 is 12.8. The van der Waals surface area contributed by atoms with Gasteiger partial charge in [0.15, 0.2) is 0 Å². The number of thioether (sulfide) groups is 1. The van der Waals surface area contributed by atoms with E-state index in [9.17, 15) is 4.79 Å². The van der Waals surface area contributed by atoms with Crippen molar-refractivity contribution < 1.29 is 9.53 Å². The molecular weight excluding hydrogens is 279 g/mol. The summed E-state index contributed by atoms with van der Waals surface area (Å²) < 4.78 is 4.85. The number of methoxy groups -OCH3 is 1. The van der Waals surface area contributed by atoms with E-state index < -0.39 is 0 Å². The van der Waals surface area contributed by atoms with Crippen LogP contribution in [0.25, 0.3) is 0 Å². The lowest BCUT2D eigenvalue weighted by atomic mass is 10.2. The summed E-state index contributed by atoms with van der Waals surface area (Å²) in [5.41, 5.74) is 0.488. The third-order valence-electron chi connectivity index (χ3n) is 1.67. The van der Waals surface area contributed by atoms with Crippen LogP contribution >= 0.6 is 35.0 Å². The average molecular weight is 295 g/mol. The first-order chi connectivity index (χ1) is 8.15. The first kappa shape index (κ1) is 16.8. The fourth-order valence-electron chi connectivity index (χ4n) is 0.950. The third kappa shape index (κ3) is 6.32. The minimum atomic E-state index is -0.0614. The highest BCUT2D eigenvalue weighted by molar-refractivity contribution is 8.14. The van der Waals surface area contributed by atoms with E-state index in [1.807, 2.05) is 13.8 Å². The molecule has 0 atom stereocenters. The lowest BCUT2D eigenvalue weighted by Crippen LogP contribution is -1.99. The van der Waals surface area contributed by atoms with Crippen molar-refractivity contribution in [3.63, 3.8) is 0 Å². The van der Waals surface area contributed by atoms with Crippen molar-refractivity contribution in [1.29, 1.82) is 0 Å². The number of halogens is 2. The Morgan fingerprint density at radius 1 is 1.35 bits per heavy atom. The van der Waals surface area contributed by atoms with Crippen LogP contribution < -0.4 is 0 Å². The van der Waals surface area contributed by atoms with Crippen molar-refractivity contribution in [1.82, 2.24) is 0 Å². The summed E-state index contributed by atoms with van der Waals surface area (Å²) in [5.74, 6) is 0.619. The fourth-order valence-corrected chi connectivity index (χ4v) is 2.27. The van der Waals surface area contributed by atoms with E-state index in [1.54, 1.807) is 25.3 Å². The van der Waals surface area contributed by atoms with Crippen LogP contribution in [0.5, 0.6) is 0 Å². The molecule has 0 fully saturated rings. The monoisotopic (exact) mass is 294 g/mol.